The molecular formula is C20H27ClF2N4O. The van der Waals surface area contributed by atoms with Crippen molar-refractivity contribution in [3.63, 3.8) is 0 Å². The Bertz CT molecular complexity index is 834. The molecule has 2 aromatic rings. The highest BCUT2D eigenvalue weighted by molar-refractivity contribution is 6.33. The minimum absolute atomic E-state index is 0.0360. The molecule has 3 rings (SSSR count). The lowest BCUT2D eigenvalue weighted by Gasteiger charge is -2.27. The van der Waals surface area contributed by atoms with Gasteiger partial charge >= 0.3 is 6.61 Å². The number of aromatic nitrogens is 3. The smallest absolute Gasteiger partial charge is 0.387 e. The summed E-state index contributed by atoms with van der Waals surface area (Å²) in [6, 6.07) is 1.52. The maximum atomic E-state index is 13.1. The van der Waals surface area contributed by atoms with E-state index in [0.717, 1.165) is 12.3 Å². The van der Waals surface area contributed by atoms with Crippen LogP contribution in [0.25, 0.3) is 11.3 Å². The Morgan fingerprint density at radius 2 is 2.07 bits per heavy atom. The standard InChI is InChI=1S/C20H27ClF2N4O/c1-5-14-17(21)18(27(6-2)26-14)13-11-24-16(9-15(13)28-19(22)23)25-20(3,4)10-12-7-8-12/h9,11-12,19H,5-8,10H2,1-4H3,(H,24,25). The van der Waals surface area contributed by atoms with Gasteiger partial charge in [-0.05, 0) is 39.5 Å². The van der Waals surface area contributed by atoms with Gasteiger partial charge in [-0.25, -0.2) is 4.98 Å². The molecule has 1 aliphatic carbocycles. The molecule has 154 valence electrons. The highest BCUT2D eigenvalue weighted by Gasteiger charge is 2.30. The number of nitrogens with zero attached hydrogens (tertiary/aromatic N) is 3. The van der Waals surface area contributed by atoms with Crippen LogP contribution in [-0.2, 0) is 13.0 Å². The number of hydrogen-bond acceptors (Lipinski definition) is 4. The number of hydrogen-bond donors (Lipinski definition) is 1. The van der Waals surface area contributed by atoms with Crippen LogP contribution in [0.5, 0.6) is 5.75 Å². The molecule has 2 aromatic heterocycles. The predicted molar refractivity (Wildman–Crippen MR) is 107 cm³/mol. The third-order valence-electron chi connectivity index (χ3n) is 4.89. The van der Waals surface area contributed by atoms with E-state index in [2.05, 4.69) is 29.2 Å². The van der Waals surface area contributed by atoms with Gasteiger partial charge in [0.1, 0.15) is 11.6 Å². The number of aryl methyl sites for hydroxylation is 2. The van der Waals surface area contributed by atoms with E-state index in [9.17, 15) is 8.78 Å². The second kappa shape index (κ2) is 8.23. The van der Waals surface area contributed by atoms with Crippen LogP contribution < -0.4 is 10.1 Å². The molecule has 0 radical (unpaired) electrons. The summed E-state index contributed by atoms with van der Waals surface area (Å²) in [5, 5.41) is 8.26. The van der Waals surface area contributed by atoms with Gasteiger partial charge in [-0.15, -0.1) is 0 Å². The van der Waals surface area contributed by atoms with Crippen molar-refractivity contribution >= 4 is 17.4 Å². The minimum atomic E-state index is -2.95. The van der Waals surface area contributed by atoms with Crippen molar-refractivity contribution in [2.75, 3.05) is 5.32 Å². The maximum Gasteiger partial charge on any atom is 0.387 e. The molecule has 0 aliphatic heterocycles. The van der Waals surface area contributed by atoms with E-state index in [1.165, 1.54) is 25.1 Å². The third kappa shape index (κ3) is 4.74. The summed E-state index contributed by atoms with van der Waals surface area (Å²) in [6.07, 6.45) is 5.68. The van der Waals surface area contributed by atoms with Gasteiger partial charge in [-0.1, -0.05) is 31.4 Å². The van der Waals surface area contributed by atoms with Crippen molar-refractivity contribution in [3.8, 4) is 17.0 Å². The lowest BCUT2D eigenvalue weighted by atomic mass is 9.97. The van der Waals surface area contributed by atoms with Gasteiger partial charge in [0, 0.05) is 24.3 Å². The number of anilines is 1. The number of rotatable bonds is 9. The summed E-state index contributed by atoms with van der Waals surface area (Å²) >= 11 is 6.49. The van der Waals surface area contributed by atoms with E-state index >= 15 is 0 Å². The van der Waals surface area contributed by atoms with Gasteiger partial charge in [0.2, 0.25) is 0 Å². The van der Waals surface area contributed by atoms with Gasteiger partial charge < -0.3 is 10.1 Å². The molecule has 2 heterocycles. The van der Waals surface area contributed by atoms with Gasteiger partial charge in [0.25, 0.3) is 0 Å². The molecule has 0 bridgehead atoms. The van der Waals surface area contributed by atoms with Crippen LogP contribution in [0.4, 0.5) is 14.6 Å². The zero-order chi connectivity index (χ0) is 20.5. The van der Waals surface area contributed by atoms with Crippen molar-refractivity contribution < 1.29 is 13.5 Å². The molecule has 0 unspecified atom stereocenters. The third-order valence-corrected chi connectivity index (χ3v) is 5.29. The fraction of sp³-hybridized carbons (Fsp3) is 0.600. The molecule has 0 saturated heterocycles. The first-order chi connectivity index (χ1) is 13.2. The van der Waals surface area contributed by atoms with Gasteiger partial charge in [-0.3, -0.25) is 4.68 Å². The molecule has 0 aromatic carbocycles. The fourth-order valence-electron chi connectivity index (χ4n) is 3.52. The predicted octanol–water partition coefficient (Wildman–Crippen LogP) is 5.77. The van der Waals surface area contributed by atoms with Gasteiger partial charge in [-0.2, -0.15) is 13.9 Å². The molecule has 1 N–H and O–H groups in total. The van der Waals surface area contributed by atoms with Crippen molar-refractivity contribution in [3.05, 3.63) is 23.0 Å². The lowest BCUT2D eigenvalue weighted by molar-refractivity contribution is -0.0494. The highest BCUT2D eigenvalue weighted by atomic mass is 35.5. The Labute approximate surface area is 169 Å². The van der Waals surface area contributed by atoms with Crippen LogP contribution in [0.15, 0.2) is 12.3 Å². The molecule has 1 fully saturated rings. The zero-order valence-electron chi connectivity index (χ0n) is 16.7. The first kappa shape index (κ1) is 20.8. The van der Waals surface area contributed by atoms with Crippen LogP contribution in [0, 0.1) is 5.92 Å². The average molecular weight is 413 g/mol. The number of pyridine rings is 1. The summed E-state index contributed by atoms with van der Waals surface area (Å²) in [5.74, 6) is 1.26. The quantitative estimate of drug-likeness (QED) is 0.567. The Morgan fingerprint density at radius 3 is 2.64 bits per heavy atom. The van der Waals surface area contributed by atoms with E-state index < -0.39 is 6.61 Å². The Morgan fingerprint density at radius 1 is 1.36 bits per heavy atom. The summed E-state index contributed by atoms with van der Waals surface area (Å²) in [4.78, 5) is 4.45. The fourth-order valence-corrected chi connectivity index (χ4v) is 3.89. The molecule has 5 nitrogen and oxygen atoms in total. The Balaban J connectivity index is 1.98. The SMILES string of the molecule is CCc1nn(CC)c(-c2cnc(NC(C)(C)CC3CC3)cc2OC(F)F)c1Cl. The van der Waals surface area contributed by atoms with E-state index in [1.807, 2.05) is 13.8 Å². The largest absolute Gasteiger partial charge is 0.434 e. The van der Waals surface area contributed by atoms with Gasteiger partial charge in [0.15, 0.2) is 0 Å². The average Bonchev–Trinajstić information content (AvgIpc) is 3.35. The zero-order valence-corrected chi connectivity index (χ0v) is 17.5. The normalized spacial score (nSPS) is 14.6. The first-order valence-corrected chi connectivity index (χ1v) is 10.1. The molecule has 0 atom stereocenters. The molecule has 1 saturated carbocycles. The second-order valence-corrected chi connectivity index (χ2v) is 8.26. The molecule has 8 heteroatoms. The van der Waals surface area contributed by atoms with Crippen LogP contribution in [0.3, 0.4) is 0 Å². The van der Waals surface area contributed by atoms with E-state index in [4.69, 9.17) is 16.3 Å². The molecule has 1 aliphatic rings. The van der Waals surface area contributed by atoms with Crippen LogP contribution in [0.1, 0.15) is 52.7 Å². The van der Waals surface area contributed by atoms with E-state index in [0.29, 0.717) is 40.8 Å². The number of nitrogens with one attached hydrogen (secondary N) is 1. The van der Waals surface area contributed by atoms with Crippen LogP contribution in [0.2, 0.25) is 5.02 Å². The van der Waals surface area contributed by atoms with Crippen LogP contribution >= 0.6 is 11.6 Å². The van der Waals surface area contributed by atoms with Gasteiger partial charge in [0.05, 0.1) is 22.0 Å². The van der Waals surface area contributed by atoms with Crippen molar-refractivity contribution in [2.45, 2.75) is 72.1 Å². The number of halogens is 3. The molecular weight excluding hydrogens is 386 g/mol. The van der Waals surface area contributed by atoms with Crippen molar-refractivity contribution in [1.29, 1.82) is 0 Å². The number of ether oxygens (including phenoxy) is 1. The molecule has 28 heavy (non-hydrogen) atoms. The van der Waals surface area contributed by atoms with E-state index in [1.54, 1.807) is 4.68 Å². The summed E-state index contributed by atoms with van der Waals surface area (Å²) in [7, 11) is 0. The second-order valence-electron chi connectivity index (χ2n) is 7.88. The van der Waals surface area contributed by atoms with Crippen molar-refractivity contribution in [2.24, 2.45) is 5.92 Å². The summed E-state index contributed by atoms with van der Waals surface area (Å²) in [5.41, 5.74) is 1.49. The Hall–Kier alpha value is -1.89. The topological polar surface area (TPSA) is 52.0 Å². The first-order valence-electron chi connectivity index (χ1n) is 9.72. The van der Waals surface area contributed by atoms with Crippen LogP contribution in [-0.4, -0.2) is 26.9 Å². The summed E-state index contributed by atoms with van der Waals surface area (Å²) < 4.78 is 32.7. The van der Waals surface area contributed by atoms with E-state index in [-0.39, 0.29) is 11.3 Å². The highest BCUT2D eigenvalue weighted by Crippen LogP contribution is 2.40. The maximum absolute atomic E-state index is 13.1. The minimum Gasteiger partial charge on any atom is -0.434 e. The van der Waals surface area contributed by atoms with Crippen molar-refractivity contribution in [1.82, 2.24) is 14.8 Å². The lowest BCUT2D eigenvalue weighted by Crippen LogP contribution is -2.31. The molecule has 0 spiro atoms. The Kier molecular flexibility index (Phi) is 6.12. The molecule has 0 amide bonds. The number of alkyl halides is 2. The monoisotopic (exact) mass is 412 g/mol. The summed E-state index contributed by atoms with van der Waals surface area (Å²) in [6.45, 7) is 5.65.